The fourth-order valence-corrected chi connectivity index (χ4v) is 1.62. The van der Waals surface area contributed by atoms with Crippen molar-refractivity contribution in [2.24, 2.45) is 0 Å². The third-order valence-corrected chi connectivity index (χ3v) is 2.43. The van der Waals surface area contributed by atoms with Crippen LogP contribution >= 0.6 is 0 Å². The molecule has 0 aliphatic rings. The zero-order valence-electron chi connectivity index (χ0n) is 10.6. The summed E-state index contributed by atoms with van der Waals surface area (Å²) in [5.74, 6) is 0.389. The van der Waals surface area contributed by atoms with Gasteiger partial charge in [0.1, 0.15) is 0 Å². The molecule has 1 amide bonds. The largest absolute Gasteiger partial charge is 0.481 e. The van der Waals surface area contributed by atoms with Gasteiger partial charge >= 0.3 is 6.09 Å². The molecule has 0 saturated carbocycles. The van der Waals surface area contributed by atoms with E-state index in [0.717, 1.165) is 4.90 Å². The second kappa shape index (κ2) is 5.34. The van der Waals surface area contributed by atoms with Crippen molar-refractivity contribution in [3.05, 3.63) is 42.1 Å². The molecule has 2 rings (SSSR count). The van der Waals surface area contributed by atoms with Crippen LogP contribution in [0.3, 0.4) is 0 Å². The Kier molecular flexibility index (Phi) is 3.61. The van der Waals surface area contributed by atoms with Gasteiger partial charge in [0, 0.05) is 11.8 Å². The van der Waals surface area contributed by atoms with Crippen molar-refractivity contribution in [2.45, 2.75) is 6.92 Å². The summed E-state index contributed by atoms with van der Waals surface area (Å²) < 4.78 is 5.03. The van der Waals surface area contributed by atoms with Crippen molar-refractivity contribution in [2.75, 3.05) is 12.0 Å². The van der Waals surface area contributed by atoms with Crippen LogP contribution in [-0.2, 0) is 0 Å². The monoisotopic (exact) mass is 259 g/mol. The van der Waals surface area contributed by atoms with E-state index < -0.39 is 6.09 Å². The zero-order valence-corrected chi connectivity index (χ0v) is 10.6. The molecule has 0 unspecified atom stereocenters. The van der Waals surface area contributed by atoms with Gasteiger partial charge in [-0.05, 0) is 19.1 Å². The molecule has 6 heteroatoms. The molecule has 0 spiro atoms. The number of benzene rings is 1. The lowest BCUT2D eigenvalue weighted by Crippen LogP contribution is -2.26. The van der Waals surface area contributed by atoms with Crippen molar-refractivity contribution in [3.63, 3.8) is 0 Å². The Balaban J connectivity index is 2.51. The van der Waals surface area contributed by atoms with E-state index in [1.807, 2.05) is 0 Å². The van der Waals surface area contributed by atoms with Crippen LogP contribution in [0.25, 0.3) is 0 Å². The standard InChI is InChI=1S/C13H13N3O3/c1-9-8-11(19-2)15-12(14-9)16(13(17)18)10-6-4-3-5-7-10/h3-8H,1-2H3,(H,17,18). The Morgan fingerprint density at radius 1 is 1.26 bits per heavy atom. The Bertz CT molecular complexity index is 587. The molecule has 0 saturated heterocycles. The summed E-state index contributed by atoms with van der Waals surface area (Å²) in [6.45, 7) is 1.75. The van der Waals surface area contributed by atoms with Gasteiger partial charge < -0.3 is 9.84 Å². The minimum Gasteiger partial charge on any atom is -0.481 e. The van der Waals surface area contributed by atoms with Gasteiger partial charge in [-0.1, -0.05) is 18.2 Å². The number of carbonyl (C=O) groups is 1. The summed E-state index contributed by atoms with van der Waals surface area (Å²) in [7, 11) is 1.47. The molecule has 1 heterocycles. The summed E-state index contributed by atoms with van der Waals surface area (Å²) in [4.78, 5) is 20.6. The highest BCUT2D eigenvalue weighted by Crippen LogP contribution is 2.24. The van der Waals surface area contributed by atoms with E-state index in [9.17, 15) is 9.90 Å². The number of hydrogen-bond donors (Lipinski definition) is 1. The Hall–Kier alpha value is -2.63. The van der Waals surface area contributed by atoms with Crippen LogP contribution in [0.1, 0.15) is 5.69 Å². The van der Waals surface area contributed by atoms with Crippen LogP contribution in [0.15, 0.2) is 36.4 Å². The third-order valence-electron chi connectivity index (χ3n) is 2.43. The molecule has 0 bridgehead atoms. The molecule has 0 aliphatic carbocycles. The van der Waals surface area contributed by atoms with Crippen molar-refractivity contribution >= 4 is 17.7 Å². The summed E-state index contributed by atoms with van der Waals surface area (Å²) in [6.07, 6.45) is -1.15. The van der Waals surface area contributed by atoms with E-state index in [-0.39, 0.29) is 5.95 Å². The molecule has 2 aromatic rings. The van der Waals surface area contributed by atoms with E-state index >= 15 is 0 Å². The first-order valence-electron chi connectivity index (χ1n) is 5.59. The number of aromatic nitrogens is 2. The summed E-state index contributed by atoms with van der Waals surface area (Å²) >= 11 is 0. The Morgan fingerprint density at radius 3 is 2.53 bits per heavy atom. The number of rotatable bonds is 3. The van der Waals surface area contributed by atoms with Crippen molar-refractivity contribution in [3.8, 4) is 5.88 Å². The average molecular weight is 259 g/mol. The van der Waals surface area contributed by atoms with E-state index in [1.165, 1.54) is 7.11 Å². The zero-order chi connectivity index (χ0) is 13.8. The quantitative estimate of drug-likeness (QED) is 0.916. The number of ether oxygens (including phenoxy) is 1. The highest BCUT2D eigenvalue weighted by atomic mass is 16.5. The molecule has 1 aromatic carbocycles. The molecule has 0 aliphatic heterocycles. The SMILES string of the molecule is COc1cc(C)nc(N(C(=O)O)c2ccccc2)n1. The second-order valence-electron chi connectivity index (χ2n) is 3.81. The van der Waals surface area contributed by atoms with Crippen LogP contribution in [0.4, 0.5) is 16.4 Å². The fourth-order valence-electron chi connectivity index (χ4n) is 1.62. The molecule has 1 N–H and O–H groups in total. The number of hydrogen-bond acceptors (Lipinski definition) is 4. The number of aryl methyl sites for hydroxylation is 1. The minimum atomic E-state index is -1.15. The maximum atomic E-state index is 11.4. The lowest BCUT2D eigenvalue weighted by Gasteiger charge is -2.17. The first-order valence-corrected chi connectivity index (χ1v) is 5.59. The third kappa shape index (κ3) is 2.79. The Labute approximate surface area is 110 Å². The highest BCUT2D eigenvalue weighted by Gasteiger charge is 2.20. The molecule has 98 valence electrons. The van der Waals surface area contributed by atoms with Crippen LogP contribution in [-0.4, -0.2) is 28.3 Å². The van der Waals surface area contributed by atoms with Crippen LogP contribution in [0.5, 0.6) is 5.88 Å². The molecule has 0 fully saturated rings. The normalized spacial score (nSPS) is 10.0. The molecule has 19 heavy (non-hydrogen) atoms. The predicted octanol–water partition coefficient (Wildman–Crippen LogP) is 2.61. The van der Waals surface area contributed by atoms with E-state index in [2.05, 4.69) is 9.97 Å². The van der Waals surface area contributed by atoms with Crippen LogP contribution < -0.4 is 9.64 Å². The summed E-state index contributed by atoms with van der Waals surface area (Å²) in [5.41, 5.74) is 1.10. The first kappa shape index (κ1) is 12.8. The number of para-hydroxylation sites is 1. The van der Waals surface area contributed by atoms with Gasteiger partial charge in [0.2, 0.25) is 11.8 Å². The maximum Gasteiger partial charge on any atom is 0.418 e. The summed E-state index contributed by atoms with van der Waals surface area (Å²) in [6, 6.07) is 10.3. The number of amides is 1. The lowest BCUT2D eigenvalue weighted by molar-refractivity contribution is 0.204. The predicted molar refractivity (Wildman–Crippen MR) is 69.9 cm³/mol. The van der Waals surface area contributed by atoms with Crippen molar-refractivity contribution < 1.29 is 14.6 Å². The average Bonchev–Trinajstić information content (AvgIpc) is 2.39. The minimum absolute atomic E-state index is 0.0653. The Morgan fingerprint density at radius 2 is 1.95 bits per heavy atom. The van der Waals surface area contributed by atoms with Crippen LogP contribution in [0, 0.1) is 6.92 Å². The number of methoxy groups -OCH3 is 1. The van der Waals surface area contributed by atoms with Gasteiger partial charge in [-0.2, -0.15) is 4.98 Å². The summed E-state index contributed by atoms with van der Waals surface area (Å²) in [5, 5.41) is 9.34. The second-order valence-corrected chi connectivity index (χ2v) is 3.81. The molecular weight excluding hydrogens is 246 g/mol. The molecule has 0 atom stereocenters. The number of anilines is 2. The van der Waals surface area contributed by atoms with Crippen molar-refractivity contribution in [1.82, 2.24) is 9.97 Å². The smallest absolute Gasteiger partial charge is 0.418 e. The molecule has 1 aromatic heterocycles. The topological polar surface area (TPSA) is 75.5 Å². The molecule has 6 nitrogen and oxygen atoms in total. The van der Waals surface area contributed by atoms with Gasteiger partial charge in [-0.15, -0.1) is 0 Å². The van der Waals surface area contributed by atoms with Gasteiger partial charge in [0.25, 0.3) is 0 Å². The van der Waals surface area contributed by atoms with Gasteiger partial charge in [-0.25, -0.2) is 14.7 Å². The maximum absolute atomic E-state index is 11.4. The fraction of sp³-hybridized carbons (Fsp3) is 0.154. The number of nitrogens with zero attached hydrogens (tertiary/aromatic N) is 3. The van der Waals surface area contributed by atoms with Gasteiger partial charge in [0.05, 0.1) is 12.8 Å². The van der Waals surface area contributed by atoms with Gasteiger partial charge in [-0.3, -0.25) is 0 Å². The van der Waals surface area contributed by atoms with E-state index in [0.29, 0.717) is 17.3 Å². The van der Waals surface area contributed by atoms with E-state index in [4.69, 9.17) is 4.74 Å². The van der Waals surface area contributed by atoms with Crippen molar-refractivity contribution in [1.29, 1.82) is 0 Å². The van der Waals surface area contributed by atoms with E-state index in [1.54, 1.807) is 43.3 Å². The number of carboxylic acid groups (broad SMARTS) is 1. The molecule has 0 radical (unpaired) electrons. The van der Waals surface area contributed by atoms with Crippen LogP contribution in [0.2, 0.25) is 0 Å². The lowest BCUT2D eigenvalue weighted by atomic mass is 10.3. The van der Waals surface area contributed by atoms with Gasteiger partial charge in [0.15, 0.2) is 0 Å². The highest BCUT2D eigenvalue weighted by molar-refractivity contribution is 5.92. The molecular formula is C13H13N3O3. The first-order chi connectivity index (χ1) is 9.11.